The highest BCUT2D eigenvalue weighted by atomic mass is 16.2. The van der Waals surface area contributed by atoms with Gasteiger partial charge in [-0.2, -0.15) is 0 Å². The second kappa shape index (κ2) is 11.4. The second-order valence-electron chi connectivity index (χ2n) is 11.4. The van der Waals surface area contributed by atoms with Crippen molar-refractivity contribution < 1.29 is 24.0 Å². The Morgan fingerprint density at radius 1 is 0.914 bits per heavy atom. The Bertz CT molecular complexity index is 829. The van der Waals surface area contributed by atoms with Crippen LogP contribution in [0.4, 0.5) is 4.79 Å². The SMILES string of the molecule is CC(C)(C)NC(=O)NC(C(=O)N1CCC[C@H]1C(=O)NC(CC1CC1)C(=O)C(N)=O)C1CCCCC1. The molecule has 1 saturated heterocycles. The van der Waals surface area contributed by atoms with Gasteiger partial charge in [-0.15, -0.1) is 0 Å². The molecule has 10 heteroatoms. The minimum Gasteiger partial charge on any atom is -0.363 e. The summed E-state index contributed by atoms with van der Waals surface area (Å²) in [5.74, 6) is -2.28. The molecule has 1 aliphatic heterocycles. The number of primary amides is 1. The summed E-state index contributed by atoms with van der Waals surface area (Å²) in [5.41, 5.74) is 4.75. The first-order valence-electron chi connectivity index (χ1n) is 13.0. The van der Waals surface area contributed by atoms with E-state index in [4.69, 9.17) is 5.73 Å². The van der Waals surface area contributed by atoms with Gasteiger partial charge in [-0.1, -0.05) is 32.1 Å². The van der Waals surface area contributed by atoms with Crippen molar-refractivity contribution in [3.05, 3.63) is 0 Å². The normalized spacial score (nSPS) is 22.7. The number of likely N-dealkylation sites (tertiary alicyclic amines) is 1. The first-order valence-corrected chi connectivity index (χ1v) is 13.0. The molecule has 5 N–H and O–H groups in total. The van der Waals surface area contributed by atoms with Crippen molar-refractivity contribution in [2.45, 2.75) is 109 Å². The van der Waals surface area contributed by atoms with Crippen LogP contribution in [0, 0.1) is 11.8 Å². The zero-order chi connectivity index (χ0) is 25.8. The number of ketones is 1. The van der Waals surface area contributed by atoms with Crippen molar-refractivity contribution in [2.24, 2.45) is 17.6 Å². The number of carbonyl (C=O) groups excluding carboxylic acids is 5. The van der Waals surface area contributed by atoms with Gasteiger partial charge in [0.25, 0.3) is 5.91 Å². The van der Waals surface area contributed by atoms with E-state index in [0.717, 1.165) is 44.9 Å². The zero-order valence-electron chi connectivity index (χ0n) is 21.2. The largest absolute Gasteiger partial charge is 0.363 e. The molecule has 3 rings (SSSR count). The average Bonchev–Trinajstić information content (AvgIpc) is 3.46. The van der Waals surface area contributed by atoms with Gasteiger partial charge < -0.3 is 26.6 Å². The first kappa shape index (κ1) is 26.9. The molecule has 0 bridgehead atoms. The molecule has 3 fully saturated rings. The molecule has 3 aliphatic rings. The molecule has 35 heavy (non-hydrogen) atoms. The quantitative estimate of drug-likeness (QED) is 0.359. The Hall–Kier alpha value is -2.65. The third-order valence-corrected chi connectivity index (χ3v) is 7.14. The molecule has 2 aliphatic carbocycles. The van der Waals surface area contributed by atoms with Crippen LogP contribution in [0.25, 0.3) is 0 Å². The van der Waals surface area contributed by atoms with Crippen LogP contribution in [0.1, 0.15) is 85.0 Å². The number of hydrogen-bond donors (Lipinski definition) is 4. The van der Waals surface area contributed by atoms with E-state index in [-0.39, 0.29) is 11.8 Å². The number of nitrogens with one attached hydrogen (secondary N) is 3. The number of nitrogens with two attached hydrogens (primary N) is 1. The Morgan fingerprint density at radius 2 is 1.57 bits per heavy atom. The molecule has 0 spiro atoms. The van der Waals surface area contributed by atoms with Gasteiger partial charge in [0, 0.05) is 12.1 Å². The van der Waals surface area contributed by atoms with E-state index in [1.807, 2.05) is 20.8 Å². The van der Waals surface area contributed by atoms with E-state index in [0.29, 0.717) is 31.7 Å². The van der Waals surface area contributed by atoms with Crippen LogP contribution >= 0.6 is 0 Å². The molecule has 10 nitrogen and oxygen atoms in total. The van der Waals surface area contributed by atoms with E-state index in [2.05, 4.69) is 16.0 Å². The first-order chi connectivity index (χ1) is 16.5. The minimum atomic E-state index is -1.07. The summed E-state index contributed by atoms with van der Waals surface area (Å²) in [7, 11) is 0. The molecule has 0 radical (unpaired) electrons. The summed E-state index contributed by atoms with van der Waals surface area (Å²) < 4.78 is 0. The van der Waals surface area contributed by atoms with Gasteiger partial charge in [0.2, 0.25) is 17.6 Å². The lowest BCUT2D eigenvalue weighted by Crippen LogP contribution is -2.59. The summed E-state index contributed by atoms with van der Waals surface area (Å²) in [5, 5.41) is 8.46. The van der Waals surface area contributed by atoms with Gasteiger partial charge in [-0.05, 0) is 64.7 Å². The Morgan fingerprint density at radius 3 is 2.14 bits per heavy atom. The number of rotatable bonds is 9. The van der Waals surface area contributed by atoms with Crippen molar-refractivity contribution in [1.82, 2.24) is 20.9 Å². The third kappa shape index (κ3) is 7.67. The molecule has 0 aromatic heterocycles. The Labute approximate surface area is 207 Å². The summed E-state index contributed by atoms with van der Waals surface area (Å²) in [6, 6.07) is -2.84. The predicted molar refractivity (Wildman–Crippen MR) is 130 cm³/mol. The molecule has 0 aromatic carbocycles. The van der Waals surface area contributed by atoms with Crippen LogP contribution in [-0.4, -0.2) is 64.6 Å². The summed E-state index contributed by atoms with van der Waals surface area (Å²) in [6.45, 7) is 6.02. The topological polar surface area (TPSA) is 151 Å². The van der Waals surface area contributed by atoms with Gasteiger partial charge in [0.05, 0.1) is 6.04 Å². The summed E-state index contributed by atoms with van der Waals surface area (Å²) in [6.07, 6.45) is 8.19. The molecule has 3 atom stereocenters. The average molecular weight is 492 g/mol. The van der Waals surface area contributed by atoms with Gasteiger partial charge in [-0.3, -0.25) is 19.2 Å². The van der Waals surface area contributed by atoms with Gasteiger partial charge in [0.1, 0.15) is 12.1 Å². The number of hydrogen-bond acceptors (Lipinski definition) is 5. The number of urea groups is 1. The third-order valence-electron chi connectivity index (χ3n) is 7.14. The summed E-state index contributed by atoms with van der Waals surface area (Å²) >= 11 is 0. The fourth-order valence-corrected chi connectivity index (χ4v) is 5.21. The smallest absolute Gasteiger partial charge is 0.315 e. The monoisotopic (exact) mass is 491 g/mol. The second-order valence-corrected chi connectivity index (χ2v) is 11.4. The van der Waals surface area contributed by atoms with E-state index in [9.17, 15) is 24.0 Å². The molecule has 5 amide bonds. The van der Waals surface area contributed by atoms with E-state index in [1.165, 1.54) is 4.90 Å². The maximum atomic E-state index is 13.7. The number of amides is 5. The maximum Gasteiger partial charge on any atom is 0.315 e. The van der Waals surface area contributed by atoms with Crippen molar-refractivity contribution >= 4 is 29.5 Å². The van der Waals surface area contributed by atoms with Crippen LogP contribution < -0.4 is 21.7 Å². The highest BCUT2D eigenvalue weighted by Crippen LogP contribution is 2.34. The lowest BCUT2D eigenvalue weighted by Gasteiger charge is -2.35. The molecule has 0 aromatic rings. The fraction of sp³-hybridized carbons (Fsp3) is 0.800. The Balaban J connectivity index is 1.73. The number of carbonyl (C=O) groups is 5. The minimum absolute atomic E-state index is 0.00494. The van der Waals surface area contributed by atoms with Crippen LogP contribution in [0.5, 0.6) is 0 Å². The molecule has 2 saturated carbocycles. The zero-order valence-corrected chi connectivity index (χ0v) is 21.2. The highest BCUT2D eigenvalue weighted by Gasteiger charge is 2.42. The molecule has 1 heterocycles. The number of nitrogens with zero attached hydrogens (tertiary/aromatic N) is 1. The Kier molecular flexibility index (Phi) is 8.77. The predicted octanol–water partition coefficient (Wildman–Crippen LogP) is 1.36. The van der Waals surface area contributed by atoms with Crippen molar-refractivity contribution in [3.63, 3.8) is 0 Å². The van der Waals surface area contributed by atoms with Crippen molar-refractivity contribution in [1.29, 1.82) is 0 Å². The molecular weight excluding hydrogens is 450 g/mol. The van der Waals surface area contributed by atoms with E-state index >= 15 is 0 Å². The van der Waals surface area contributed by atoms with E-state index in [1.54, 1.807) is 0 Å². The van der Waals surface area contributed by atoms with Crippen LogP contribution in [0.2, 0.25) is 0 Å². The van der Waals surface area contributed by atoms with Gasteiger partial charge in [-0.25, -0.2) is 4.79 Å². The van der Waals surface area contributed by atoms with Crippen molar-refractivity contribution in [3.8, 4) is 0 Å². The lowest BCUT2D eigenvalue weighted by atomic mass is 9.83. The molecular formula is C25H41N5O5. The summed E-state index contributed by atoms with van der Waals surface area (Å²) in [4.78, 5) is 65.0. The van der Waals surface area contributed by atoms with Gasteiger partial charge >= 0.3 is 6.03 Å². The fourth-order valence-electron chi connectivity index (χ4n) is 5.21. The maximum absolute atomic E-state index is 13.7. The molecule has 2 unspecified atom stereocenters. The highest BCUT2D eigenvalue weighted by molar-refractivity contribution is 6.37. The van der Waals surface area contributed by atoms with Crippen LogP contribution in [0.15, 0.2) is 0 Å². The standard InChI is InChI=1S/C25H41N5O5/c1-25(2,3)29-24(35)28-19(16-8-5-4-6-9-16)23(34)30-13-7-10-18(30)22(33)27-17(14-15-11-12-15)20(31)21(26)32/h15-19H,4-14H2,1-3H3,(H2,26,32)(H,27,33)(H2,28,29,35)/t17?,18-,19?/m0/s1. The molecule has 196 valence electrons. The van der Waals surface area contributed by atoms with Crippen LogP contribution in [0.3, 0.4) is 0 Å². The van der Waals surface area contributed by atoms with Crippen LogP contribution in [-0.2, 0) is 19.2 Å². The lowest BCUT2D eigenvalue weighted by molar-refractivity contribution is -0.143. The van der Waals surface area contributed by atoms with Crippen molar-refractivity contribution in [2.75, 3.05) is 6.54 Å². The number of Topliss-reactive ketones (excluding diaryl/α,β-unsaturated/α-hetero) is 1. The van der Waals surface area contributed by atoms with E-state index < -0.39 is 47.3 Å². The van der Waals surface area contributed by atoms with Gasteiger partial charge in [0.15, 0.2) is 0 Å².